The minimum absolute atomic E-state index is 0.269. The number of rotatable bonds is 8. The average Bonchev–Trinajstić information content (AvgIpc) is 3.13. The van der Waals surface area contributed by atoms with Crippen LogP contribution in [0.15, 0.2) is 168 Å². The second-order valence-corrected chi connectivity index (χ2v) is 10.1. The Morgan fingerprint density at radius 3 is 1.11 bits per heavy atom. The zero-order chi connectivity index (χ0) is 32.4. The van der Waals surface area contributed by atoms with Gasteiger partial charge in [-0.1, -0.05) is 146 Å². The van der Waals surface area contributed by atoms with Crippen LogP contribution in [0.2, 0.25) is 0 Å². The third-order valence-corrected chi connectivity index (χ3v) is 7.00. The maximum atomic E-state index is 10.4. The van der Waals surface area contributed by atoms with Crippen molar-refractivity contribution in [2.75, 3.05) is 0 Å². The molecule has 0 atom stereocenters. The molecule has 227 valence electrons. The van der Waals surface area contributed by atoms with Crippen LogP contribution in [-0.4, -0.2) is 22.6 Å². The van der Waals surface area contributed by atoms with Crippen molar-refractivity contribution in [3.63, 3.8) is 0 Å². The number of phenolic OH excluding ortho intramolecular Hbond substituents is 2. The fourth-order valence-electron chi connectivity index (χ4n) is 4.70. The number of hydrogen-bond acceptors (Lipinski definition) is 5. The van der Waals surface area contributed by atoms with Crippen LogP contribution in [0.3, 0.4) is 0 Å². The minimum atomic E-state index is 0.269. The van der Waals surface area contributed by atoms with E-state index in [2.05, 4.69) is 9.98 Å². The third kappa shape index (κ3) is 9.84. The van der Waals surface area contributed by atoms with Crippen LogP contribution >= 0.6 is 0 Å². The Bertz CT molecular complexity index is 1720. The summed E-state index contributed by atoms with van der Waals surface area (Å²) in [5, 5.41) is 20.9. The number of para-hydroxylation sites is 2. The Hall–Kier alpha value is -5.34. The molecule has 0 bridgehead atoms. The van der Waals surface area contributed by atoms with Crippen LogP contribution in [0.5, 0.6) is 11.5 Å². The van der Waals surface area contributed by atoms with Crippen molar-refractivity contribution in [2.45, 2.75) is 13.1 Å². The monoisotopic (exact) mass is 686 g/mol. The van der Waals surface area contributed by atoms with E-state index in [0.29, 0.717) is 13.1 Å². The summed E-state index contributed by atoms with van der Waals surface area (Å²) in [6, 6.07) is 51.3. The van der Waals surface area contributed by atoms with Crippen molar-refractivity contribution < 1.29 is 29.7 Å². The number of benzene rings is 6. The van der Waals surface area contributed by atoms with Gasteiger partial charge in [0.2, 0.25) is 0 Å². The standard InChI is InChI=1S/2C20H17NO.Mo.N/c2*22-20-18(15-21-14-16-8-3-1-4-9-16)12-7-13-19(20)17-10-5-2-6-11-17;;/h2*1-13,15,22H,14H2;;. The van der Waals surface area contributed by atoms with E-state index in [1.807, 2.05) is 158 Å². The van der Waals surface area contributed by atoms with Crippen LogP contribution in [0.4, 0.5) is 0 Å². The first-order valence-corrected chi connectivity index (χ1v) is 15.6. The first kappa shape index (κ1) is 33.5. The van der Waals surface area contributed by atoms with E-state index in [-0.39, 0.29) is 11.5 Å². The van der Waals surface area contributed by atoms with Gasteiger partial charge in [-0.3, -0.25) is 9.98 Å². The van der Waals surface area contributed by atoms with Gasteiger partial charge in [-0.25, -0.2) is 0 Å². The molecule has 0 heterocycles. The average molecular weight is 685 g/mol. The second kappa shape index (κ2) is 18.5. The molecule has 2 N–H and O–H groups in total. The van der Waals surface area contributed by atoms with Crippen molar-refractivity contribution in [3.05, 3.63) is 180 Å². The normalized spacial score (nSPS) is 10.5. The molecule has 0 unspecified atom stereocenters. The molecule has 0 fully saturated rings. The van der Waals surface area contributed by atoms with Gasteiger partial charge in [0.05, 0.1) is 13.1 Å². The first-order chi connectivity index (χ1) is 22.7. The van der Waals surface area contributed by atoms with E-state index < -0.39 is 0 Å². The molecule has 0 aliphatic rings. The van der Waals surface area contributed by atoms with Gasteiger partial charge in [0, 0.05) is 34.7 Å². The number of aromatic hydroxyl groups is 2. The fourth-order valence-corrected chi connectivity index (χ4v) is 4.70. The van der Waals surface area contributed by atoms with Gasteiger partial charge in [0.15, 0.2) is 0 Å². The Morgan fingerprint density at radius 2 is 0.761 bits per heavy atom. The van der Waals surface area contributed by atoms with Crippen molar-refractivity contribution in [3.8, 4) is 33.8 Å². The molecule has 6 aromatic rings. The van der Waals surface area contributed by atoms with Gasteiger partial charge in [0.1, 0.15) is 11.5 Å². The summed E-state index contributed by atoms with van der Waals surface area (Å²) in [4.78, 5) is 8.84. The third-order valence-electron chi connectivity index (χ3n) is 7.00. The molecule has 0 aliphatic carbocycles. The van der Waals surface area contributed by atoms with Gasteiger partial charge in [-0.15, -0.1) is 0 Å². The van der Waals surface area contributed by atoms with E-state index in [1.165, 1.54) is 0 Å². The Kier molecular flexibility index (Phi) is 13.5. The van der Waals surface area contributed by atoms with Crippen LogP contribution in [-0.2, 0) is 32.5 Å². The van der Waals surface area contributed by atoms with Crippen molar-refractivity contribution in [1.29, 1.82) is 3.73 Å². The molecule has 6 rings (SSSR count). The predicted octanol–water partition coefficient (Wildman–Crippen LogP) is 9.37. The SMILES string of the molecule is Oc1c(C=NCc2ccccc2)cccc1-c1ccccc1.Oc1c(C=NCc2ccccc2)cccc1-c1ccccc1.[N]#[Mo]. The van der Waals surface area contributed by atoms with Gasteiger partial charge in [-0.05, 0) is 34.4 Å². The summed E-state index contributed by atoms with van der Waals surface area (Å²) < 4.78 is 7.01. The van der Waals surface area contributed by atoms with E-state index in [0.717, 1.165) is 64.0 Å². The molecular formula is C40H34MoN3O2. The maximum absolute atomic E-state index is 10.4. The zero-order valence-electron chi connectivity index (χ0n) is 25.2. The number of nitrogens with zero attached hydrogens (tertiary/aromatic N) is 3. The molecule has 0 saturated carbocycles. The summed E-state index contributed by atoms with van der Waals surface area (Å²) in [5.74, 6) is 0.538. The van der Waals surface area contributed by atoms with Crippen LogP contribution in [0.1, 0.15) is 22.3 Å². The molecule has 0 amide bonds. The molecule has 0 aromatic heterocycles. The number of aliphatic imine (C=N–C) groups is 2. The van der Waals surface area contributed by atoms with E-state index in [4.69, 9.17) is 3.73 Å². The first-order valence-electron chi connectivity index (χ1n) is 14.7. The topological polar surface area (TPSA) is 89.0 Å². The Labute approximate surface area is 281 Å². The fraction of sp³-hybridized carbons (Fsp3) is 0.0500. The van der Waals surface area contributed by atoms with Crippen molar-refractivity contribution in [1.82, 2.24) is 0 Å². The van der Waals surface area contributed by atoms with Crippen LogP contribution in [0.25, 0.3) is 22.3 Å². The zero-order valence-corrected chi connectivity index (χ0v) is 27.2. The number of phenols is 2. The molecule has 6 aromatic carbocycles. The number of hydrogen-bond donors (Lipinski definition) is 2. The van der Waals surface area contributed by atoms with Gasteiger partial charge in [-0.2, -0.15) is 0 Å². The van der Waals surface area contributed by atoms with Gasteiger partial charge >= 0.3 is 23.2 Å². The molecular weight excluding hydrogens is 650 g/mol. The summed E-state index contributed by atoms with van der Waals surface area (Å²) in [6.07, 6.45) is 3.46. The molecule has 5 nitrogen and oxygen atoms in total. The Balaban J connectivity index is 0.000000198. The van der Waals surface area contributed by atoms with Crippen LogP contribution < -0.4 is 0 Å². The van der Waals surface area contributed by atoms with Crippen molar-refractivity contribution in [2.24, 2.45) is 9.98 Å². The second-order valence-electron chi connectivity index (χ2n) is 10.1. The van der Waals surface area contributed by atoms with Gasteiger partial charge < -0.3 is 10.2 Å². The molecule has 46 heavy (non-hydrogen) atoms. The molecule has 6 heteroatoms. The summed E-state index contributed by atoms with van der Waals surface area (Å²) in [5.41, 5.74) is 7.41. The van der Waals surface area contributed by atoms with Gasteiger partial charge in [0.25, 0.3) is 0 Å². The Morgan fingerprint density at radius 1 is 0.435 bits per heavy atom. The molecule has 0 saturated heterocycles. The quantitative estimate of drug-likeness (QED) is 0.124. The molecule has 0 spiro atoms. The van der Waals surface area contributed by atoms with Crippen molar-refractivity contribution >= 4 is 12.4 Å². The van der Waals surface area contributed by atoms with E-state index >= 15 is 0 Å². The van der Waals surface area contributed by atoms with Crippen LogP contribution in [0, 0.1) is 3.73 Å². The molecule has 0 radical (unpaired) electrons. The van der Waals surface area contributed by atoms with E-state index in [1.54, 1.807) is 12.4 Å². The summed E-state index contributed by atoms with van der Waals surface area (Å²) in [6.45, 7) is 1.21. The molecule has 0 aliphatic heterocycles. The van der Waals surface area contributed by atoms with E-state index in [9.17, 15) is 10.2 Å². The summed E-state index contributed by atoms with van der Waals surface area (Å²) in [7, 11) is 0. The predicted molar refractivity (Wildman–Crippen MR) is 184 cm³/mol. The summed E-state index contributed by atoms with van der Waals surface area (Å²) >= 11 is 0.950.